The maximum Gasteiger partial charge on any atom is 0.348 e. The van der Waals surface area contributed by atoms with Gasteiger partial charge >= 0.3 is 5.97 Å². The molecule has 1 amide bonds. The van der Waals surface area contributed by atoms with Crippen molar-refractivity contribution in [3.8, 4) is 18.2 Å². The number of rotatable bonds is 10. The number of carbonyl (C=O) groups excluding carboxylic acids is 2. The quantitative estimate of drug-likeness (QED) is 0.487. The van der Waals surface area contributed by atoms with Crippen molar-refractivity contribution in [2.45, 2.75) is 31.6 Å². The van der Waals surface area contributed by atoms with Gasteiger partial charge in [-0.25, -0.2) is 13.2 Å². The molecular weight excluding hydrogens is 478 g/mol. The SMILES string of the molecule is CCOC(=O)c1sc(NC(=O)c2ccc(S(=O)(=O)N(CCC#N)CCC#N)cc2)c(C#N)c1C. The largest absolute Gasteiger partial charge is 0.462 e. The first-order valence-electron chi connectivity index (χ1n) is 10.1. The monoisotopic (exact) mass is 499 g/mol. The summed E-state index contributed by atoms with van der Waals surface area (Å²) < 4.78 is 31.8. The Morgan fingerprint density at radius 1 is 1.09 bits per heavy atom. The molecule has 0 unspecified atom stereocenters. The Morgan fingerprint density at radius 3 is 2.18 bits per heavy atom. The van der Waals surface area contributed by atoms with E-state index >= 15 is 0 Å². The zero-order valence-electron chi connectivity index (χ0n) is 18.5. The lowest BCUT2D eigenvalue weighted by molar-refractivity contribution is 0.0531. The molecule has 1 aromatic carbocycles. The van der Waals surface area contributed by atoms with E-state index in [0.29, 0.717) is 5.56 Å². The van der Waals surface area contributed by atoms with Crippen LogP contribution in [0.2, 0.25) is 0 Å². The fourth-order valence-corrected chi connectivity index (χ4v) is 5.42. The van der Waals surface area contributed by atoms with Crippen LogP contribution in [-0.2, 0) is 14.8 Å². The van der Waals surface area contributed by atoms with Gasteiger partial charge in [0.05, 0.1) is 29.2 Å². The summed E-state index contributed by atoms with van der Waals surface area (Å²) in [5.41, 5.74) is 0.677. The first kappa shape index (κ1) is 26.5. The number of benzene rings is 1. The fraction of sp³-hybridized carbons (Fsp3) is 0.318. The van der Waals surface area contributed by atoms with Crippen molar-refractivity contribution in [3.05, 3.63) is 45.8 Å². The van der Waals surface area contributed by atoms with Crippen LogP contribution in [0.5, 0.6) is 0 Å². The molecule has 1 N–H and O–H groups in total. The lowest BCUT2D eigenvalue weighted by Gasteiger charge is -2.20. The van der Waals surface area contributed by atoms with Gasteiger partial charge in [0.15, 0.2) is 0 Å². The van der Waals surface area contributed by atoms with E-state index in [2.05, 4.69) is 5.32 Å². The van der Waals surface area contributed by atoms with Gasteiger partial charge in [0, 0.05) is 31.5 Å². The van der Waals surface area contributed by atoms with Gasteiger partial charge in [0.1, 0.15) is 15.9 Å². The minimum Gasteiger partial charge on any atom is -0.462 e. The van der Waals surface area contributed by atoms with E-state index in [1.165, 1.54) is 24.3 Å². The van der Waals surface area contributed by atoms with Crippen molar-refractivity contribution in [1.82, 2.24) is 4.31 Å². The van der Waals surface area contributed by atoms with Crippen molar-refractivity contribution in [2.24, 2.45) is 0 Å². The molecule has 0 bridgehead atoms. The van der Waals surface area contributed by atoms with Crippen molar-refractivity contribution >= 4 is 38.2 Å². The highest BCUT2D eigenvalue weighted by molar-refractivity contribution is 7.89. The molecule has 1 aromatic heterocycles. The molecule has 1 heterocycles. The van der Waals surface area contributed by atoms with Gasteiger partial charge in [-0.15, -0.1) is 11.3 Å². The number of esters is 1. The summed E-state index contributed by atoms with van der Waals surface area (Å²) in [5, 5.41) is 29.8. The first-order valence-corrected chi connectivity index (χ1v) is 12.3. The lowest BCUT2D eigenvalue weighted by atomic mass is 10.1. The lowest BCUT2D eigenvalue weighted by Crippen LogP contribution is -2.32. The zero-order valence-corrected chi connectivity index (χ0v) is 20.1. The Bertz CT molecular complexity index is 1280. The Balaban J connectivity index is 2.27. The van der Waals surface area contributed by atoms with E-state index in [4.69, 9.17) is 15.3 Å². The summed E-state index contributed by atoms with van der Waals surface area (Å²) in [5.74, 6) is -1.18. The number of nitrogens with zero attached hydrogens (tertiary/aromatic N) is 4. The molecule has 176 valence electrons. The van der Waals surface area contributed by atoms with Crippen LogP contribution in [0.15, 0.2) is 29.2 Å². The molecule has 10 nitrogen and oxygen atoms in total. The third-order valence-electron chi connectivity index (χ3n) is 4.65. The first-order chi connectivity index (χ1) is 16.2. The average Bonchev–Trinajstić information content (AvgIpc) is 3.13. The Hall–Kier alpha value is -3.76. The predicted molar refractivity (Wildman–Crippen MR) is 123 cm³/mol. The molecule has 0 radical (unpaired) electrons. The van der Waals surface area contributed by atoms with Crippen molar-refractivity contribution in [2.75, 3.05) is 25.0 Å². The summed E-state index contributed by atoms with van der Waals surface area (Å²) >= 11 is 0.924. The summed E-state index contributed by atoms with van der Waals surface area (Å²) in [6.07, 6.45) is -0.0548. The smallest absolute Gasteiger partial charge is 0.348 e. The standard InChI is InChI=1S/C22H21N5O5S2/c1-3-32-22(29)19-15(2)18(14-25)21(33-19)26-20(28)16-6-8-17(9-7-16)34(30,31)27(12-4-10-23)13-5-11-24/h6-9H,3-5,12-13H2,1-2H3,(H,26,28). The highest BCUT2D eigenvalue weighted by Crippen LogP contribution is 2.33. The normalized spacial score (nSPS) is 10.7. The third-order valence-corrected chi connectivity index (χ3v) is 7.75. The molecule has 34 heavy (non-hydrogen) atoms. The summed E-state index contributed by atoms with van der Waals surface area (Å²) in [7, 11) is -3.97. The molecule has 0 aliphatic heterocycles. The molecule has 12 heteroatoms. The summed E-state index contributed by atoms with van der Waals surface area (Å²) in [4.78, 5) is 24.9. The minimum atomic E-state index is -3.97. The van der Waals surface area contributed by atoms with Gasteiger partial charge in [-0.2, -0.15) is 20.1 Å². The van der Waals surface area contributed by atoms with E-state index in [-0.39, 0.29) is 58.4 Å². The van der Waals surface area contributed by atoms with Crippen LogP contribution in [0.25, 0.3) is 0 Å². The van der Waals surface area contributed by atoms with Gasteiger partial charge in [-0.1, -0.05) is 0 Å². The molecule has 0 fully saturated rings. The number of anilines is 1. The van der Waals surface area contributed by atoms with Gasteiger partial charge in [-0.05, 0) is 43.7 Å². The number of carbonyl (C=O) groups is 2. The summed E-state index contributed by atoms with van der Waals surface area (Å²) in [6, 6.07) is 10.9. The van der Waals surface area contributed by atoms with Crippen molar-refractivity contribution in [1.29, 1.82) is 15.8 Å². The highest BCUT2D eigenvalue weighted by Gasteiger charge is 2.25. The van der Waals surface area contributed by atoms with Crippen molar-refractivity contribution < 1.29 is 22.7 Å². The number of thiophene rings is 1. The number of hydrogen-bond acceptors (Lipinski definition) is 9. The van der Waals surface area contributed by atoms with E-state index in [9.17, 15) is 23.3 Å². The molecule has 0 spiro atoms. The number of hydrogen-bond donors (Lipinski definition) is 1. The molecule has 2 aromatic rings. The molecule has 0 atom stereocenters. The zero-order chi connectivity index (χ0) is 25.3. The van der Waals surface area contributed by atoms with Crippen LogP contribution >= 0.6 is 11.3 Å². The number of ether oxygens (including phenoxy) is 1. The maximum atomic E-state index is 12.9. The van der Waals surface area contributed by atoms with Gasteiger partial charge in [0.25, 0.3) is 5.91 Å². The fourth-order valence-electron chi connectivity index (χ4n) is 2.93. The summed E-state index contributed by atoms with van der Waals surface area (Å²) in [6.45, 7) is 3.30. The molecule has 0 saturated heterocycles. The van der Waals surface area contributed by atoms with Crippen LogP contribution in [0.3, 0.4) is 0 Å². The van der Waals surface area contributed by atoms with Gasteiger partial charge in [0.2, 0.25) is 10.0 Å². The Labute approximate surface area is 201 Å². The number of amides is 1. The van der Waals surface area contributed by atoms with E-state index in [1.54, 1.807) is 13.8 Å². The van der Waals surface area contributed by atoms with Crippen LogP contribution in [0, 0.1) is 40.9 Å². The van der Waals surface area contributed by atoms with Crippen LogP contribution in [0.1, 0.15) is 50.9 Å². The highest BCUT2D eigenvalue weighted by atomic mass is 32.2. The predicted octanol–water partition coefficient (Wildman–Crippen LogP) is 3.18. The van der Waals surface area contributed by atoms with Crippen molar-refractivity contribution in [3.63, 3.8) is 0 Å². The second-order valence-corrected chi connectivity index (χ2v) is 9.75. The van der Waals surface area contributed by atoms with E-state index < -0.39 is 21.9 Å². The maximum absolute atomic E-state index is 12.9. The van der Waals surface area contributed by atoms with Crippen LogP contribution < -0.4 is 5.32 Å². The van der Waals surface area contributed by atoms with Gasteiger partial charge < -0.3 is 10.1 Å². The average molecular weight is 500 g/mol. The Kier molecular flexibility index (Phi) is 9.28. The number of sulfonamides is 1. The molecular formula is C22H21N5O5S2. The third kappa shape index (κ3) is 5.97. The number of nitriles is 3. The molecule has 0 aliphatic carbocycles. The topological polar surface area (TPSA) is 164 Å². The molecule has 2 rings (SSSR count). The number of nitrogens with one attached hydrogen (secondary N) is 1. The van der Waals surface area contributed by atoms with Gasteiger partial charge in [-0.3, -0.25) is 4.79 Å². The second kappa shape index (κ2) is 11.9. The molecule has 0 aliphatic rings. The second-order valence-electron chi connectivity index (χ2n) is 6.79. The van der Waals surface area contributed by atoms with Crippen LogP contribution in [0.4, 0.5) is 5.00 Å². The molecule has 0 saturated carbocycles. The van der Waals surface area contributed by atoms with E-state index in [1.807, 2.05) is 18.2 Å². The Morgan fingerprint density at radius 2 is 1.68 bits per heavy atom. The van der Waals surface area contributed by atoms with E-state index in [0.717, 1.165) is 15.6 Å². The van der Waals surface area contributed by atoms with Crippen LogP contribution in [-0.4, -0.2) is 44.3 Å². The minimum absolute atomic E-state index is 0.0274.